The van der Waals surface area contributed by atoms with E-state index in [-0.39, 0.29) is 6.04 Å². The van der Waals surface area contributed by atoms with Gasteiger partial charge in [-0.1, -0.05) is 36.4 Å². The Morgan fingerprint density at radius 1 is 1.17 bits per heavy atom. The minimum atomic E-state index is -0.610. The number of carbonyl (C=O) groups excluding carboxylic acids is 1. The van der Waals surface area contributed by atoms with Crippen molar-refractivity contribution in [2.75, 3.05) is 0 Å². The molecule has 0 aromatic heterocycles. The highest BCUT2D eigenvalue weighted by molar-refractivity contribution is 5.87. The van der Waals surface area contributed by atoms with Crippen molar-refractivity contribution in [1.29, 1.82) is 0 Å². The van der Waals surface area contributed by atoms with E-state index < -0.39 is 17.8 Å². The Labute approximate surface area is 136 Å². The molecule has 2 atom stereocenters. The normalized spacial score (nSPS) is 20.9. The Balaban J connectivity index is 1.81. The highest BCUT2D eigenvalue weighted by Gasteiger charge is 2.30. The van der Waals surface area contributed by atoms with Crippen molar-refractivity contribution in [3.05, 3.63) is 47.5 Å². The molecule has 4 nitrogen and oxygen atoms in total. The van der Waals surface area contributed by atoms with Gasteiger partial charge in [-0.25, -0.2) is 4.79 Å². The van der Waals surface area contributed by atoms with Crippen LogP contribution in [0.15, 0.2) is 36.4 Å². The first-order valence-corrected chi connectivity index (χ1v) is 8.00. The number of aliphatic hydroxyl groups is 1. The molecule has 3 rings (SSSR count). The second-order valence-corrected chi connectivity index (χ2v) is 7.15. The quantitative estimate of drug-likeness (QED) is 0.850. The van der Waals surface area contributed by atoms with Crippen molar-refractivity contribution >= 4 is 16.9 Å². The number of hydrogen-bond donors (Lipinski definition) is 2. The molecule has 2 aromatic rings. The zero-order valence-electron chi connectivity index (χ0n) is 13.8. The SMILES string of the molecule is CC(C)(C)OC(=O)N[C@H]1Cc2ccc3ccccc3c2C[C@@H]1O. The molecule has 0 heterocycles. The molecule has 0 unspecified atom stereocenters. The first-order valence-electron chi connectivity index (χ1n) is 8.00. The molecule has 0 spiro atoms. The Hall–Kier alpha value is -2.07. The molecule has 0 bridgehead atoms. The minimum absolute atomic E-state index is 0.321. The molecule has 0 saturated heterocycles. The van der Waals surface area contributed by atoms with Crippen molar-refractivity contribution < 1.29 is 14.6 Å². The smallest absolute Gasteiger partial charge is 0.407 e. The van der Waals surface area contributed by atoms with Crippen molar-refractivity contribution in [2.24, 2.45) is 0 Å². The Morgan fingerprint density at radius 2 is 1.91 bits per heavy atom. The summed E-state index contributed by atoms with van der Waals surface area (Å²) in [6.07, 6.45) is 0.0594. The van der Waals surface area contributed by atoms with Crippen LogP contribution in [0.1, 0.15) is 31.9 Å². The molecular formula is C19H23NO3. The second kappa shape index (κ2) is 5.85. The fourth-order valence-electron chi connectivity index (χ4n) is 3.14. The lowest BCUT2D eigenvalue weighted by Gasteiger charge is -2.32. The van der Waals surface area contributed by atoms with Gasteiger partial charge in [-0.2, -0.15) is 0 Å². The van der Waals surface area contributed by atoms with Crippen LogP contribution in [-0.2, 0) is 17.6 Å². The van der Waals surface area contributed by atoms with E-state index in [0.29, 0.717) is 12.8 Å². The third kappa shape index (κ3) is 3.48. The number of carbonyl (C=O) groups is 1. The predicted molar refractivity (Wildman–Crippen MR) is 90.5 cm³/mol. The van der Waals surface area contributed by atoms with Gasteiger partial charge in [0, 0.05) is 6.42 Å². The number of aliphatic hydroxyl groups excluding tert-OH is 1. The van der Waals surface area contributed by atoms with Crippen LogP contribution in [0, 0.1) is 0 Å². The average Bonchev–Trinajstić information content (AvgIpc) is 2.46. The maximum atomic E-state index is 12.0. The highest BCUT2D eigenvalue weighted by Crippen LogP contribution is 2.29. The van der Waals surface area contributed by atoms with Gasteiger partial charge in [-0.05, 0) is 49.1 Å². The summed E-state index contributed by atoms with van der Waals surface area (Å²) in [5.74, 6) is 0. The van der Waals surface area contributed by atoms with Crippen LogP contribution < -0.4 is 5.32 Å². The number of hydrogen-bond acceptors (Lipinski definition) is 3. The van der Waals surface area contributed by atoms with Crippen molar-refractivity contribution in [1.82, 2.24) is 5.32 Å². The van der Waals surface area contributed by atoms with E-state index in [1.54, 1.807) is 0 Å². The van der Waals surface area contributed by atoms with Gasteiger partial charge in [0.15, 0.2) is 0 Å². The fraction of sp³-hybridized carbons (Fsp3) is 0.421. The van der Waals surface area contributed by atoms with Crippen molar-refractivity contribution in [3.63, 3.8) is 0 Å². The number of rotatable bonds is 1. The molecule has 23 heavy (non-hydrogen) atoms. The van der Waals surface area contributed by atoms with Crippen LogP contribution >= 0.6 is 0 Å². The predicted octanol–water partition coefficient (Wildman–Crippen LogP) is 3.19. The minimum Gasteiger partial charge on any atom is -0.444 e. The molecule has 1 amide bonds. The third-order valence-electron chi connectivity index (χ3n) is 4.16. The molecule has 4 heteroatoms. The summed E-state index contributed by atoms with van der Waals surface area (Å²) in [5, 5.41) is 15.6. The van der Waals surface area contributed by atoms with Gasteiger partial charge >= 0.3 is 6.09 Å². The van der Waals surface area contributed by atoms with Crippen LogP contribution in [0.2, 0.25) is 0 Å². The summed E-state index contributed by atoms with van der Waals surface area (Å²) in [4.78, 5) is 12.0. The van der Waals surface area contributed by atoms with E-state index >= 15 is 0 Å². The van der Waals surface area contributed by atoms with Crippen LogP contribution in [-0.4, -0.2) is 28.9 Å². The zero-order chi connectivity index (χ0) is 16.6. The van der Waals surface area contributed by atoms with Crippen molar-refractivity contribution in [2.45, 2.75) is 51.4 Å². The highest BCUT2D eigenvalue weighted by atomic mass is 16.6. The molecule has 2 aromatic carbocycles. The van der Waals surface area contributed by atoms with E-state index in [2.05, 4.69) is 29.6 Å². The van der Waals surface area contributed by atoms with E-state index in [1.165, 1.54) is 21.9 Å². The van der Waals surface area contributed by atoms with Crippen LogP contribution in [0.4, 0.5) is 4.79 Å². The van der Waals surface area contributed by atoms with Crippen LogP contribution in [0.3, 0.4) is 0 Å². The maximum absolute atomic E-state index is 12.0. The second-order valence-electron chi connectivity index (χ2n) is 7.15. The maximum Gasteiger partial charge on any atom is 0.407 e. The van der Waals surface area contributed by atoms with E-state index in [0.717, 1.165) is 0 Å². The number of amides is 1. The molecular weight excluding hydrogens is 290 g/mol. The number of benzene rings is 2. The first kappa shape index (κ1) is 15.8. The number of ether oxygens (including phenoxy) is 1. The molecule has 122 valence electrons. The van der Waals surface area contributed by atoms with E-state index in [1.807, 2.05) is 32.9 Å². The van der Waals surface area contributed by atoms with Gasteiger partial charge in [0.2, 0.25) is 0 Å². The molecule has 1 aliphatic rings. The topological polar surface area (TPSA) is 58.6 Å². The monoisotopic (exact) mass is 313 g/mol. The van der Waals surface area contributed by atoms with E-state index in [9.17, 15) is 9.90 Å². The summed E-state index contributed by atoms with van der Waals surface area (Å²) in [6.45, 7) is 5.47. The molecule has 1 aliphatic carbocycles. The average molecular weight is 313 g/mol. The molecule has 0 saturated carbocycles. The van der Waals surface area contributed by atoms with Gasteiger partial charge in [0.25, 0.3) is 0 Å². The third-order valence-corrected chi connectivity index (χ3v) is 4.16. The number of nitrogens with one attached hydrogen (secondary N) is 1. The lowest BCUT2D eigenvalue weighted by atomic mass is 9.83. The fourth-order valence-corrected chi connectivity index (χ4v) is 3.14. The first-order chi connectivity index (χ1) is 10.8. The molecule has 2 N–H and O–H groups in total. The van der Waals surface area contributed by atoms with Crippen LogP contribution in [0.5, 0.6) is 0 Å². The largest absolute Gasteiger partial charge is 0.444 e. The zero-order valence-corrected chi connectivity index (χ0v) is 13.8. The molecule has 0 radical (unpaired) electrons. The molecule has 0 aliphatic heterocycles. The van der Waals surface area contributed by atoms with Gasteiger partial charge in [-0.15, -0.1) is 0 Å². The molecule has 0 fully saturated rings. The summed E-state index contributed by atoms with van der Waals surface area (Å²) < 4.78 is 5.29. The summed E-state index contributed by atoms with van der Waals surface area (Å²) in [6, 6.07) is 12.1. The Kier molecular flexibility index (Phi) is 4.02. The van der Waals surface area contributed by atoms with E-state index in [4.69, 9.17) is 4.74 Å². The summed E-state index contributed by atoms with van der Waals surface area (Å²) >= 11 is 0. The Morgan fingerprint density at radius 3 is 2.65 bits per heavy atom. The number of fused-ring (bicyclic) bond motifs is 3. The van der Waals surface area contributed by atoms with Gasteiger partial charge in [0.05, 0.1) is 12.1 Å². The lowest BCUT2D eigenvalue weighted by Crippen LogP contribution is -2.49. The standard InChI is InChI=1S/C19H23NO3/c1-19(2,3)23-18(22)20-16-10-13-9-8-12-6-4-5-7-14(12)15(13)11-17(16)21/h4-9,16-17,21H,10-11H2,1-3H3,(H,20,22)/t16-,17-/m0/s1. The van der Waals surface area contributed by atoms with Gasteiger partial charge < -0.3 is 15.2 Å². The summed E-state index contributed by atoms with van der Waals surface area (Å²) in [5.41, 5.74) is 1.81. The van der Waals surface area contributed by atoms with Gasteiger partial charge in [0.1, 0.15) is 5.60 Å². The van der Waals surface area contributed by atoms with Crippen LogP contribution in [0.25, 0.3) is 10.8 Å². The lowest BCUT2D eigenvalue weighted by molar-refractivity contribution is 0.0413. The van der Waals surface area contributed by atoms with Gasteiger partial charge in [-0.3, -0.25) is 0 Å². The summed E-state index contributed by atoms with van der Waals surface area (Å²) in [7, 11) is 0. The Bertz CT molecular complexity index is 733. The van der Waals surface area contributed by atoms with Crippen molar-refractivity contribution in [3.8, 4) is 0 Å². The number of alkyl carbamates (subject to hydrolysis) is 1.